The molecule has 0 fully saturated rings. The van der Waals surface area contributed by atoms with Crippen LogP contribution in [0.15, 0.2) is 63.4 Å². The predicted molar refractivity (Wildman–Crippen MR) is 157 cm³/mol. The molecule has 204 valence electrons. The van der Waals surface area contributed by atoms with Crippen LogP contribution in [0.2, 0.25) is 0 Å². The van der Waals surface area contributed by atoms with Gasteiger partial charge < -0.3 is 5.73 Å². The van der Waals surface area contributed by atoms with E-state index in [2.05, 4.69) is 31.8 Å². The molecule has 3 aromatic rings. The number of Topliss-reactive ketones (excluding diaryl/α,β-unsaturated/α-hetero) is 1. The molecule has 0 bridgehead atoms. The molecule has 1 aromatic carbocycles. The van der Waals surface area contributed by atoms with Gasteiger partial charge in [0.15, 0.2) is 10.1 Å². The van der Waals surface area contributed by atoms with E-state index in [1.54, 1.807) is 4.90 Å². The molecule has 2 aliphatic rings. The fraction of sp³-hybridized carbons (Fsp3) is 0.296. The van der Waals surface area contributed by atoms with Crippen molar-refractivity contribution in [2.45, 2.75) is 38.0 Å². The summed E-state index contributed by atoms with van der Waals surface area (Å²) in [7, 11) is 0. The summed E-state index contributed by atoms with van der Waals surface area (Å²) in [4.78, 5) is 27.6. The third kappa shape index (κ3) is 5.84. The molecule has 0 saturated carbocycles. The highest BCUT2D eigenvalue weighted by atomic mass is 32.2. The number of rotatable bonds is 7. The summed E-state index contributed by atoms with van der Waals surface area (Å²) in [5.74, 6) is -0.476. The number of nitrogens with two attached hydrogens (primary N) is 1. The van der Waals surface area contributed by atoms with E-state index in [4.69, 9.17) is 5.73 Å². The quantitative estimate of drug-likeness (QED) is 0.363. The van der Waals surface area contributed by atoms with E-state index in [-0.39, 0.29) is 34.3 Å². The summed E-state index contributed by atoms with van der Waals surface area (Å²) in [6, 6.07) is 12.0. The van der Waals surface area contributed by atoms with E-state index in [1.165, 1.54) is 34.4 Å². The summed E-state index contributed by atoms with van der Waals surface area (Å²) in [5, 5.41) is 30.9. The van der Waals surface area contributed by atoms with Gasteiger partial charge in [0.05, 0.1) is 17.4 Å². The average molecular weight is 591 g/mol. The number of hydrogen-bond acceptors (Lipinski definition) is 12. The summed E-state index contributed by atoms with van der Waals surface area (Å²) >= 11 is 3.78. The smallest absolute Gasteiger partial charge is 0.236 e. The normalized spacial score (nSPS) is 18.7. The number of aromatic nitrogens is 4. The van der Waals surface area contributed by atoms with Crippen LogP contribution in [0.1, 0.15) is 37.3 Å². The van der Waals surface area contributed by atoms with Gasteiger partial charge in [0, 0.05) is 23.6 Å². The van der Waals surface area contributed by atoms with Crippen LogP contribution in [-0.2, 0) is 9.59 Å². The maximum atomic E-state index is 13.6. The molecule has 1 unspecified atom stereocenters. The zero-order chi connectivity index (χ0) is 28.4. The van der Waals surface area contributed by atoms with Crippen LogP contribution in [-0.4, -0.2) is 37.8 Å². The van der Waals surface area contributed by atoms with Crippen molar-refractivity contribution in [2.24, 2.45) is 17.1 Å². The molecular formula is C27H26N8O2S3. The Morgan fingerprint density at radius 1 is 1.23 bits per heavy atom. The van der Waals surface area contributed by atoms with Gasteiger partial charge >= 0.3 is 0 Å². The van der Waals surface area contributed by atoms with E-state index in [9.17, 15) is 14.9 Å². The topological polar surface area (TPSA) is 151 Å². The fourth-order valence-corrected chi connectivity index (χ4v) is 7.00. The van der Waals surface area contributed by atoms with Crippen molar-refractivity contribution in [2.75, 3.05) is 16.0 Å². The highest BCUT2D eigenvalue weighted by Gasteiger charge is 2.44. The first-order valence-corrected chi connectivity index (χ1v) is 15.0. The number of anilines is 2. The lowest BCUT2D eigenvalue weighted by molar-refractivity contribution is -0.118. The molecule has 0 radical (unpaired) electrons. The Kier molecular flexibility index (Phi) is 7.84. The van der Waals surface area contributed by atoms with Crippen LogP contribution in [0.4, 0.5) is 10.3 Å². The standard InChI is InChI=1S/C27H26N8O2S3/c1-15-31-32-24(39-15)30-21(37)14-38-26-34-33-25(40-26)35-19-11-27(2,3)12-20(36)22(19)17(18(13-28)23(35)29)10-9-16-7-5-4-6-8-16/h4-10,17H,11-12,14,29H2,1-3H3,(H,30,32,37)/b10-9+. The first-order valence-electron chi connectivity index (χ1n) is 12.4. The van der Waals surface area contributed by atoms with Crippen molar-refractivity contribution in [3.05, 3.63) is 69.6 Å². The summed E-state index contributed by atoms with van der Waals surface area (Å²) in [6.45, 7) is 5.90. The molecule has 0 saturated heterocycles. The van der Waals surface area contributed by atoms with Crippen molar-refractivity contribution >= 4 is 62.5 Å². The highest BCUT2D eigenvalue weighted by Crippen LogP contribution is 2.48. The van der Waals surface area contributed by atoms with Gasteiger partial charge in [-0.2, -0.15) is 5.26 Å². The average Bonchev–Trinajstić information content (AvgIpc) is 3.54. The molecule has 13 heteroatoms. The molecule has 3 N–H and O–H groups in total. The summed E-state index contributed by atoms with van der Waals surface area (Å²) < 4.78 is 0.555. The molecule has 40 heavy (non-hydrogen) atoms. The zero-order valence-corrected chi connectivity index (χ0v) is 24.5. The van der Waals surface area contributed by atoms with Crippen LogP contribution in [0, 0.1) is 29.6 Å². The number of aryl methyl sites for hydroxylation is 1. The molecule has 1 atom stereocenters. The lowest BCUT2D eigenvalue weighted by atomic mass is 9.70. The van der Waals surface area contributed by atoms with Crippen molar-refractivity contribution in [3.63, 3.8) is 0 Å². The number of nitriles is 1. The van der Waals surface area contributed by atoms with Crippen molar-refractivity contribution in [1.82, 2.24) is 20.4 Å². The number of thioether (sulfide) groups is 1. The Hall–Kier alpha value is -3.86. The second-order valence-corrected chi connectivity index (χ2v) is 13.5. The Balaban J connectivity index is 1.45. The van der Waals surface area contributed by atoms with Crippen LogP contribution in [0.25, 0.3) is 6.08 Å². The molecule has 5 rings (SSSR count). The molecule has 1 aliphatic heterocycles. The third-order valence-electron chi connectivity index (χ3n) is 6.39. The highest BCUT2D eigenvalue weighted by molar-refractivity contribution is 8.01. The van der Waals surface area contributed by atoms with E-state index < -0.39 is 5.92 Å². The second-order valence-electron chi connectivity index (χ2n) is 10.1. The third-order valence-corrected chi connectivity index (χ3v) is 9.19. The van der Waals surface area contributed by atoms with E-state index >= 15 is 0 Å². The van der Waals surface area contributed by atoms with Crippen molar-refractivity contribution in [1.29, 1.82) is 5.26 Å². The van der Waals surface area contributed by atoms with Gasteiger partial charge in [0.25, 0.3) is 0 Å². The van der Waals surface area contributed by atoms with Crippen molar-refractivity contribution in [3.8, 4) is 6.07 Å². The number of hydrogen-bond donors (Lipinski definition) is 2. The van der Waals surface area contributed by atoms with Crippen molar-refractivity contribution < 1.29 is 9.59 Å². The number of nitrogens with zero attached hydrogens (tertiary/aromatic N) is 6. The summed E-state index contributed by atoms with van der Waals surface area (Å²) in [6.07, 6.45) is 4.74. The minimum absolute atomic E-state index is 0.0121. The lowest BCUT2D eigenvalue weighted by Gasteiger charge is -2.41. The SMILES string of the molecule is Cc1nnc(NC(=O)CSc2nnc(N3C(N)=C(C#N)C(/C=C/c4ccccc4)C4=C3CC(C)(C)CC4=O)s2)s1. The summed E-state index contributed by atoms with van der Waals surface area (Å²) in [5.41, 5.74) is 8.89. The molecular weight excluding hydrogens is 565 g/mol. The lowest BCUT2D eigenvalue weighted by Crippen LogP contribution is -2.42. The first kappa shape index (κ1) is 27.7. The number of carbonyl (C=O) groups excluding carboxylic acids is 2. The second kappa shape index (κ2) is 11.3. The minimum Gasteiger partial charge on any atom is -0.384 e. The minimum atomic E-state index is -0.561. The zero-order valence-electron chi connectivity index (χ0n) is 22.0. The van der Waals surface area contributed by atoms with E-state index in [1.807, 2.05) is 63.3 Å². The van der Waals surface area contributed by atoms with Gasteiger partial charge in [0.1, 0.15) is 10.8 Å². The number of amides is 1. The van der Waals surface area contributed by atoms with Gasteiger partial charge in [-0.05, 0) is 24.3 Å². The van der Waals surface area contributed by atoms with Crippen LogP contribution in [0.3, 0.4) is 0 Å². The van der Waals surface area contributed by atoms with E-state index in [0.29, 0.717) is 33.0 Å². The number of nitrogens with one attached hydrogen (secondary N) is 1. The molecule has 10 nitrogen and oxygen atoms in total. The first-order chi connectivity index (χ1) is 19.1. The predicted octanol–water partition coefficient (Wildman–Crippen LogP) is 4.92. The Bertz CT molecular complexity index is 1600. The largest absolute Gasteiger partial charge is 0.384 e. The van der Waals surface area contributed by atoms with Gasteiger partial charge in [0.2, 0.25) is 16.2 Å². The number of carbonyl (C=O) groups is 2. The molecule has 3 heterocycles. The maximum absolute atomic E-state index is 13.6. The number of allylic oxidation sites excluding steroid dienone is 4. The van der Waals surface area contributed by atoms with Gasteiger partial charge in [-0.15, -0.1) is 20.4 Å². The molecule has 2 aromatic heterocycles. The molecule has 1 amide bonds. The number of ketones is 1. The van der Waals surface area contributed by atoms with Crippen LogP contribution >= 0.6 is 34.4 Å². The Labute approximate surface area is 243 Å². The van der Waals surface area contributed by atoms with Gasteiger partial charge in [-0.25, -0.2) is 0 Å². The Morgan fingerprint density at radius 2 is 2.00 bits per heavy atom. The number of benzene rings is 1. The fourth-order valence-electron chi connectivity index (χ4n) is 4.71. The molecule has 0 spiro atoms. The van der Waals surface area contributed by atoms with Crippen LogP contribution in [0.5, 0.6) is 0 Å². The Morgan fingerprint density at radius 3 is 2.70 bits per heavy atom. The molecule has 1 aliphatic carbocycles. The van der Waals surface area contributed by atoms with Crippen LogP contribution < -0.4 is 16.0 Å². The van der Waals surface area contributed by atoms with E-state index in [0.717, 1.165) is 16.3 Å². The van der Waals surface area contributed by atoms with Gasteiger partial charge in [-0.1, -0.05) is 90.8 Å². The monoisotopic (exact) mass is 590 g/mol. The maximum Gasteiger partial charge on any atom is 0.236 e. The van der Waals surface area contributed by atoms with Gasteiger partial charge in [-0.3, -0.25) is 19.8 Å².